The number of hydrogen-bond acceptors (Lipinski definition) is 3. The lowest BCUT2D eigenvalue weighted by atomic mass is 10.2. The van der Waals surface area contributed by atoms with E-state index < -0.39 is 0 Å². The summed E-state index contributed by atoms with van der Waals surface area (Å²) in [7, 11) is 0. The zero-order chi connectivity index (χ0) is 13.2. The first-order chi connectivity index (χ1) is 9.29. The van der Waals surface area contributed by atoms with E-state index >= 15 is 0 Å². The number of alkyl halides is 1. The summed E-state index contributed by atoms with van der Waals surface area (Å²) in [6, 6.07) is 6.21. The molecule has 0 aliphatic carbocycles. The van der Waals surface area contributed by atoms with E-state index in [1.54, 1.807) is 11.3 Å². The van der Waals surface area contributed by atoms with Crippen LogP contribution in [0.1, 0.15) is 17.1 Å². The van der Waals surface area contributed by atoms with Gasteiger partial charge in [-0.1, -0.05) is 12.1 Å². The van der Waals surface area contributed by atoms with E-state index in [9.17, 15) is 0 Å². The number of aromatic nitrogens is 3. The Morgan fingerprint density at radius 2 is 2.26 bits per heavy atom. The van der Waals surface area contributed by atoms with Crippen molar-refractivity contribution in [2.75, 3.05) is 5.88 Å². The van der Waals surface area contributed by atoms with Gasteiger partial charge in [-0.2, -0.15) is 0 Å². The van der Waals surface area contributed by atoms with E-state index in [-0.39, 0.29) is 0 Å². The molecule has 98 valence electrons. The summed E-state index contributed by atoms with van der Waals surface area (Å²) in [4.78, 5) is 9.06. The van der Waals surface area contributed by atoms with Gasteiger partial charge in [-0.3, -0.25) is 0 Å². The number of aryl methyl sites for hydroxylation is 2. The summed E-state index contributed by atoms with van der Waals surface area (Å²) in [5.41, 5.74) is 6.40. The van der Waals surface area contributed by atoms with Gasteiger partial charge in [0.25, 0.3) is 0 Å². The van der Waals surface area contributed by atoms with Crippen LogP contribution in [0.15, 0.2) is 29.1 Å². The Morgan fingerprint density at radius 3 is 3.00 bits per heavy atom. The molecule has 0 fully saturated rings. The number of hydrogen-bond donors (Lipinski definition) is 0. The third kappa shape index (κ3) is 2.38. The molecule has 0 spiro atoms. The topological polar surface area (TPSA) is 30.7 Å². The first-order valence-electron chi connectivity index (χ1n) is 6.17. The molecule has 0 atom stereocenters. The Labute approximate surface area is 120 Å². The van der Waals surface area contributed by atoms with Crippen molar-refractivity contribution in [3.63, 3.8) is 0 Å². The molecule has 3 rings (SSSR count). The van der Waals surface area contributed by atoms with Crippen molar-refractivity contribution in [2.24, 2.45) is 0 Å². The first-order valence-corrected chi connectivity index (χ1v) is 7.65. The monoisotopic (exact) mass is 291 g/mol. The van der Waals surface area contributed by atoms with Gasteiger partial charge in [0.05, 0.1) is 28.8 Å². The van der Waals surface area contributed by atoms with E-state index in [0.717, 1.165) is 30.0 Å². The molecular formula is C14H14ClN3S. The summed E-state index contributed by atoms with van der Waals surface area (Å²) in [5, 5.41) is 2.08. The Morgan fingerprint density at radius 1 is 1.37 bits per heavy atom. The standard InChI is InChI=1S/C14H14ClN3S/c1-10-3-2-4-12-14(10)18(13(17-12)5-6-15)7-11-8-19-9-16-11/h2-4,8-9H,5-7H2,1H3. The zero-order valence-electron chi connectivity index (χ0n) is 10.6. The molecule has 5 heteroatoms. The maximum Gasteiger partial charge on any atom is 0.111 e. The molecule has 0 radical (unpaired) electrons. The average molecular weight is 292 g/mol. The Hall–Kier alpha value is -1.39. The van der Waals surface area contributed by atoms with E-state index in [4.69, 9.17) is 16.6 Å². The molecule has 0 aliphatic rings. The quantitative estimate of drug-likeness (QED) is 0.687. The van der Waals surface area contributed by atoms with E-state index in [0.29, 0.717) is 5.88 Å². The van der Waals surface area contributed by atoms with Gasteiger partial charge in [0.15, 0.2) is 0 Å². The lowest BCUT2D eigenvalue weighted by Crippen LogP contribution is -2.06. The summed E-state index contributed by atoms with van der Waals surface area (Å²) < 4.78 is 2.24. The lowest BCUT2D eigenvalue weighted by Gasteiger charge is -2.08. The van der Waals surface area contributed by atoms with Gasteiger partial charge >= 0.3 is 0 Å². The molecule has 0 amide bonds. The van der Waals surface area contributed by atoms with Crippen LogP contribution in [0.3, 0.4) is 0 Å². The third-order valence-electron chi connectivity index (χ3n) is 3.17. The van der Waals surface area contributed by atoms with Gasteiger partial charge in [0.1, 0.15) is 5.82 Å². The smallest absolute Gasteiger partial charge is 0.111 e. The minimum Gasteiger partial charge on any atom is -0.322 e. The molecule has 0 aliphatic heterocycles. The van der Waals surface area contributed by atoms with E-state index in [1.807, 2.05) is 11.6 Å². The number of rotatable bonds is 4. The minimum atomic E-state index is 0.583. The molecule has 3 aromatic rings. The van der Waals surface area contributed by atoms with Crippen LogP contribution in [0.25, 0.3) is 11.0 Å². The molecular weight excluding hydrogens is 278 g/mol. The molecule has 19 heavy (non-hydrogen) atoms. The second-order valence-electron chi connectivity index (χ2n) is 4.48. The highest BCUT2D eigenvalue weighted by Gasteiger charge is 2.13. The number of imidazole rings is 1. The molecule has 2 aromatic heterocycles. The van der Waals surface area contributed by atoms with Gasteiger partial charge in [0, 0.05) is 17.7 Å². The van der Waals surface area contributed by atoms with Crippen LogP contribution in [-0.2, 0) is 13.0 Å². The van der Waals surface area contributed by atoms with Crippen molar-refractivity contribution in [3.05, 3.63) is 46.2 Å². The van der Waals surface area contributed by atoms with Crippen LogP contribution in [0.2, 0.25) is 0 Å². The fourth-order valence-electron chi connectivity index (χ4n) is 2.34. The highest BCUT2D eigenvalue weighted by atomic mass is 35.5. The van der Waals surface area contributed by atoms with E-state index in [1.165, 1.54) is 11.1 Å². The molecule has 0 saturated heterocycles. The average Bonchev–Trinajstić information content (AvgIpc) is 3.00. The minimum absolute atomic E-state index is 0.583. The maximum absolute atomic E-state index is 5.89. The summed E-state index contributed by atoms with van der Waals surface area (Å²) >= 11 is 7.51. The molecule has 1 aromatic carbocycles. The van der Waals surface area contributed by atoms with E-state index in [2.05, 4.69) is 34.0 Å². The van der Waals surface area contributed by atoms with Crippen molar-refractivity contribution >= 4 is 34.0 Å². The fourth-order valence-corrected chi connectivity index (χ4v) is 3.06. The predicted molar refractivity (Wildman–Crippen MR) is 80.1 cm³/mol. The second-order valence-corrected chi connectivity index (χ2v) is 5.57. The van der Waals surface area contributed by atoms with Crippen molar-refractivity contribution in [1.82, 2.24) is 14.5 Å². The molecule has 0 N–H and O–H groups in total. The Balaban J connectivity index is 2.15. The van der Waals surface area contributed by atoms with Crippen LogP contribution in [0.5, 0.6) is 0 Å². The largest absolute Gasteiger partial charge is 0.322 e. The van der Waals surface area contributed by atoms with Crippen molar-refractivity contribution in [1.29, 1.82) is 0 Å². The molecule has 2 heterocycles. The number of para-hydroxylation sites is 1. The molecule has 3 nitrogen and oxygen atoms in total. The van der Waals surface area contributed by atoms with Crippen LogP contribution in [0, 0.1) is 6.92 Å². The highest BCUT2D eigenvalue weighted by Crippen LogP contribution is 2.22. The summed E-state index contributed by atoms with van der Waals surface area (Å²) in [5.74, 6) is 1.62. The molecule has 0 unspecified atom stereocenters. The number of fused-ring (bicyclic) bond motifs is 1. The number of benzene rings is 1. The van der Waals surface area contributed by atoms with Gasteiger partial charge in [0.2, 0.25) is 0 Å². The predicted octanol–water partition coefficient (Wildman–Crippen LogP) is 3.63. The first kappa shape index (κ1) is 12.6. The number of thiazole rings is 1. The molecule has 0 saturated carbocycles. The zero-order valence-corrected chi connectivity index (χ0v) is 12.2. The molecule has 0 bridgehead atoms. The Kier molecular flexibility index (Phi) is 3.53. The fraction of sp³-hybridized carbons (Fsp3) is 0.286. The van der Waals surface area contributed by atoms with Crippen LogP contribution >= 0.6 is 22.9 Å². The maximum atomic E-state index is 5.89. The second kappa shape index (κ2) is 5.31. The summed E-state index contributed by atoms with van der Waals surface area (Å²) in [6.07, 6.45) is 0.778. The third-order valence-corrected chi connectivity index (χ3v) is 3.99. The normalized spacial score (nSPS) is 11.3. The van der Waals surface area contributed by atoms with Gasteiger partial charge < -0.3 is 4.57 Å². The van der Waals surface area contributed by atoms with Gasteiger partial charge in [-0.15, -0.1) is 22.9 Å². The SMILES string of the molecule is Cc1cccc2nc(CCCl)n(Cc3cscn3)c12. The van der Waals surface area contributed by atoms with Crippen LogP contribution in [0.4, 0.5) is 0 Å². The van der Waals surface area contributed by atoms with Crippen molar-refractivity contribution < 1.29 is 0 Å². The summed E-state index contributed by atoms with van der Waals surface area (Å²) in [6.45, 7) is 2.88. The van der Waals surface area contributed by atoms with Crippen molar-refractivity contribution in [2.45, 2.75) is 19.9 Å². The Bertz CT molecular complexity index is 688. The van der Waals surface area contributed by atoms with Gasteiger partial charge in [-0.05, 0) is 18.6 Å². The van der Waals surface area contributed by atoms with Crippen LogP contribution < -0.4 is 0 Å². The van der Waals surface area contributed by atoms with Crippen LogP contribution in [-0.4, -0.2) is 20.4 Å². The van der Waals surface area contributed by atoms with Gasteiger partial charge in [-0.25, -0.2) is 9.97 Å². The van der Waals surface area contributed by atoms with Crippen molar-refractivity contribution in [3.8, 4) is 0 Å². The highest BCUT2D eigenvalue weighted by molar-refractivity contribution is 7.07. The lowest BCUT2D eigenvalue weighted by molar-refractivity contribution is 0.740. The number of nitrogens with zero attached hydrogens (tertiary/aromatic N) is 3. The number of halogens is 1.